The van der Waals surface area contributed by atoms with Gasteiger partial charge >= 0.3 is 11.8 Å². The number of carbonyl (C=O) groups excluding carboxylic acids is 2. The van der Waals surface area contributed by atoms with E-state index in [2.05, 4.69) is 31.0 Å². The molecule has 2 aromatic carbocycles. The highest BCUT2D eigenvalue weighted by molar-refractivity contribution is 6.35. The van der Waals surface area contributed by atoms with E-state index in [1.165, 1.54) is 0 Å². The summed E-state index contributed by atoms with van der Waals surface area (Å²) in [5, 5.41) is 8.32. The molecule has 0 radical (unpaired) electrons. The van der Waals surface area contributed by atoms with Gasteiger partial charge in [0, 0.05) is 23.5 Å². The lowest BCUT2D eigenvalue weighted by molar-refractivity contribution is -0.139. The second-order valence-corrected chi connectivity index (χ2v) is 6.96. The fraction of sp³-hybridized carbons (Fsp3) is 0. The number of carbonyl (C=O) groups is 2. The number of hydrazone groups is 2. The zero-order valence-corrected chi connectivity index (χ0v) is 18.0. The van der Waals surface area contributed by atoms with Crippen molar-refractivity contribution in [3.8, 4) is 0 Å². The fourth-order valence-corrected chi connectivity index (χ4v) is 3.05. The van der Waals surface area contributed by atoms with Crippen molar-refractivity contribution in [3.05, 3.63) is 132 Å². The predicted octanol–water partition coefficient (Wildman–Crippen LogP) is 2.91. The van der Waals surface area contributed by atoms with Crippen molar-refractivity contribution in [2.75, 3.05) is 0 Å². The summed E-state index contributed by atoms with van der Waals surface area (Å²) in [4.78, 5) is 33.5. The van der Waals surface area contributed by atoms with Crippen LogP contribution < -0.4 is 10.9 Å². The number of aromatic nitrogens is 2. The van der Waals surface area contributed by atoms with E-state index in [4.69, 9.17) is 0 Å². The molecule has 4 aromatic rings. The van der Waals surface area contributed by atoms with Crippen LogP contribution in [0.5, 0.6) is 0 Å². The summed E-state index contributed by atoms with van der Waals surface area (Å²) >= 11 is 0. The van der Waals surface area contributed by atoms with E-state index in [0.717, 1.165) is 11.1 Å². The first-order chi connectivity index (χ1) is 16.7. The van der Waals surface area contributed by atoms with Gasteiger partial charge in [0.15, 0.2) is 0 Å². The van der Waals surface area contributed by atoms with Crippen molar-refractivity contribution in [3.63, 3.8) is 0 Å². The molecule has 0 atom stereocenters. The number of benzene rings is 2. The number of hydrogen-bond donors (Lipinski definition) is 2. The summed E-state index contributed by atoms with van der Waals surface area (Å²) in [5.41, 5.74) is 8.01. The number of rotatable bonds is 6. The fourth-order valence-electron chi connectivity index (χ4n) is 3.05. The average molecular weight is 448 g/mol. The summed E-state index contributed by atoms with van der Waals surface area (Å²) in [6.07, 6.45) is 3.25. The third-order valence-corrected chi connectivity index (χ3v) is 4.65. The molecule has 8 heteroatoms. The van der Waals surface area contributed by atoms with Gasteiger partial charge in [-0.15, -0.1) is 0 Å². The minimum atomic E-state index is -0.971. The molecule has 8 nitrogen and oxygen atoms in total. The van der Waals surface area contributed by atoms with Crippen LogP contribution >= 0.6 is 0 Å². The van der Waals surface area contributed by atoms with Crippen molar-refractivity contribution in [2.45, 2.75) is 0 Å². The standard InChI is InChI=1S/C26H20N6O2/c33-25(31-29-23(19-11-3-1-4-12-19)21-15-7-9-17-27-21)26(34)32-30-24(20-13-5-2-6-14-20)22-16-8-10-18-28-22/h1-18H,(H,31,33)(H,32,34)/b29-23-,30-24-. The van der Waals surface area contributed by atoms with Gasteiger partial charge in [0.05, 0.1) is 11.4 Å². The number of amides is 2. The monoisotopic (exact) mass is 448 g/mol. The number of nitrogens with one attached hydrogen (secondary N) is 2. The summed E-state index contributed by atoms with van der Waals surface area (Å²) < 4.78 is 0. The predicted molar refractivity (Wildman–Crippen MR) is 129 cm³/mol. The van der Waals surface area contributed by atoms with Gasteiger partial charge < -0.3 is 0 Å². The molecular weight excluding hydrogens is 428 g/mol. The first kappa shape index (κ1) is 22.2. The molecule has 166 valence electrons. The highest BCUT2D eigenvalue weighted by Gasteiger charge is 2.16. The topological polar surface area (TPSA) is 109 Å². The highest BCUT2D eigenvalue weighted by atomic mass is 16.2. The van der Waals surface area contributed by atoms with Crippen molar-refractivity contribution < 1.29 is 9.59 Å². The van der Waals surface area contributed by atoms with E-state index >= 15 is 0 Å². The summed E-state index contributed by atoms with van der Waals surface area (Å²) in [6, 6.07) is 29.2. The Kier molecular flexibility index (Phi) is 7.22. The second-order valence-electron chi connectivity index (χ2n) is 6.96. The Morgan fingerprint density at radius 1 is 0.529 bits per heavy atom. The Morgan fingerprint density at radius 3 is 1.26 bits per heavy atom. The third kappa shape index (κ3) is 5.63. The molecule has 0 aliphatic carbocycles. The van der Waals surface area contributed by atoms with Gasteiger partial charge in [0.2, 0.25) is 0 Å². The van der Waals surface area contributed by atoms with Crippen LogP contribution in [-0.4, -0.2) is 33.2 Å². The molecule has 0 unspecified atom stereocenters. The molecule has 0 aliphatic rings. The Hall–Kier alpha value is -4.98. The van der Waals surface area contributed by atoms with Crippen LogP contribution in [0.2, 0.25) is 0 Å². The van der Waals surface area contributed by atoms with Gasteiger partial charge in [-0.25, -0.2) is 10.9 Å². The van der Waals surface area contributed by atoms with Gasteiger partial charge in [-0.1, -0.05) is 72.8 Å². The SMILES string of the molecule is O=C(N/N=C(/c1ccccc1)c1ccccn1)C(=O)N/N=C(/c1ccccc1)c1ccccn1. The van der Waals surface area contributed by atoms with Crippen LogP contribution in [-0.2, 0) is 9.59 Å². The van der Waals surface area contributed by atoms with Gasteiger partial charge in [-0.05, 0) is 24.3 Å². The average Bonchev–Trinajstić information content (AvgIpc) is 2.91. The number of pyridine rings is 2. The van der Waals surface area contributed by atoms with Crippen LogP contribution in [0.15, 0.2) is 120 Å². The summed E-state index contributed by atoms with van der Waals surface area (Å²) in [7, 11) is 0. The van der Waals surface area contributed by atoms with E-state index in [1.54, 1.807) is 36.7 Å². The molecule has 2 N–H and O–H groups in total. The third-order valence-electron chi connectivity index (χ3n) is 4.65. The van der Waals surface area contributed by atoms with Crippen LogP contribution in [0.25, 0.3) is 0 Å². The largest absolute Gasteiger partial charge is 0.331 e. The second kappa shape index (κ2) is 11.1. The first-order valence-electron chi connectivity index (χ1n) is 10.4. The maximum absolute atomic E-state index is 12.5. The Labute approximate surface area is 196 Å². The van der Waals surface area contributed by atoms with Crippen molar-refractivity contribution >= 4 is 23.2 Å². The molecular formula is C26H20N6O2. The van der Waals surface area contributed by atoms with E-state index in [-0.39, 0.29) is 0 Å². The lowest BCUT2D eigenvalue weighted by atomic mass is 10.1. The summed E-state index contributed by atoms with van der Waals surface area (Å²) in [5.74, 6) is -1.94. The van der Waals surface area contributed by atoms with E-state index < -0.39 is 11.8 Å². The van der Waals surface area contributed by atoms with Crippen molar-refractivity contribution in [2.24, 2.45) is 10.2 Å². The van der Waals surface area contributed by atoms with Crippen LogP contribution in [0, 0.1) is 0 Å². The smallest absolute Gasteiger partial charge is 0.262 e. The Balaban J connectivity index is 1.54. The van der Waals surface area contributed by atoms with Crippen LogP contribution in [0.1, 0.15) is 22.5 Å². The minimum absolute atomic E-state index is 0.421. The molecule has 0 aliphatic heterocycles. The van der Waals surface area contributed by atoms with Gasteiger partial charge in [-0.2, -0.15) is 10.2 Å². The summed E-state index contributed by atoms with van der Waals surface area (Å²) in [6.45, 7) is 0. The minimum Gasteiger partial charge on any atom is -0.262 e. The highest BCUT2D eigenvalue weighted by Crippen LogP contribution is 2.09. The molecule has 34 heavy (non-hydrogen) atoms. The van der Waals surface area contributed by atoms with E-state index in [9.17, 15) is 9.59 Å². The zero-order chi connectivity index (χ0) is 23.6. The zero-order valence-electron chi connectivity index (χ0n) is 18.0. The quantitative estimate of drug-likeness (QED) is 0.269. The molecule has 0 spiro atoms. The maximum Gasteiger partial charge on any atom is 0.331 e. The van der Waals surface area contributed by atoms with Gasteiger partial charge in [-0.3, -0.25) is 19.6 Å². The normalized spacial score (nSPS) is 11.5. The number of hydrogen-bond acceptors (Lipinski definition) is 6. The lowest BCUT2D eigenvalue weighted by Gasteiger charge is -2.08. The Bertz CT molecular complexity index is 1120. The molecule has 0 bridgehead atoms. The van der Waals surface area contributed by atoms with E-state index in [1.807, 2.05) is 72.8 Å². The molecule has 4 rings (SSSR count). The molecule has 0 fully saturated rings. The van der Waals surface area contributed by atoms with E-state index in [0.29, 0.717) is 22.8 Å². The molecule has 2 amide bonds. The van der Waals surface area contributed by atoms with Crippen molar-refractivity contribution in [1.82, 2.24) is 20.8 Å². The number of nitrogens with zero attached hydrogens (tertiary/aromatic N) is 4. The molecule has 0 saturated carbocycles. The van der Waals surface area contributed by atoms with Gasteiger partial charge in [0.1, 0.15) is 11.4 Å². The van der Waals surface area contributed by atoms with Crippen LogP contribution in [0.3, 0.4) is 0 Å². The maximum atomic E-state index is 12.5. The van der Waals surface area contributed by atoms with Crippen molar-refractivity contribution in [1.29, 1.82) is 0 Å². The van der Waals surface area contributed by atoms with Gasteiger partial charge in [0.25, 0.3) is 0 Å². The first-order valence-corrected chi connectivity index (χ1v) is 10.4. The van der Waals surface area contributed by atoms with Crippen LogP contribution in [0.4, 0.5) is 0 Å². The lowest BCUT2D eigenvalue weighted by Crippen LogP contribution is -2.36. The Morgan fingerprint density at radius 2 is 0.912 bits per heavy atom. The molecule has 2 heterocycles. The molecule has 2 aromatic heterocycles. The molecule has 0 saturated heterocycles.